The number of aliphatic carboxylic acids is 1. The average molecular weight is 506 g/mol. The number of H-pyrrole nitrogens is 1. The van der Waals surface area contributed by atoms with E-state index in [0.29, 0.717) is 0 Å². The molecule has 2 saturated heterocycles. The molecule has 1 amide bonds. The number of phosphoric ester groups is 1. The number of nitrogens with one attached hydrogen (secondary N) is 2. The Kier molecular flexibility index (Phi) is 6.21. The number of thioether (sulfide) groups is 1. The molecule has 180 valence electrons. The highest BCUT2D eigenvalue weighted by Gasteiger charge is 2.53. The largest absolute Gasteiger partial charge is 0.480 e. The first kappa shape index (κ1) is 23.6. The molecule has 4 heterocycles. The van der Waals surface area contributed by atoms with Crippen molar-refractivity contribution in [3.8, 4) is 0 Å². The molecule has 0 saturated carbocycles. The van der Waals surface area contributed by atoms with Crippen LogP contribution >= 0.6 is 19.6 Å². The molecule has 2 aromatic rings. The van der Waals surface area contributed by atoms with Crippen molar-refractivity contribution >= 4 is 48.6 Å². The Morgan fingerprint density at radius 1 is 1.45 bits per heavy atom. The number of ether oxygens (including phenoxy) is 1. The molecule has 0 aromatic carbocycles. The Labute approximate surface area is 188 Å². The third kappa shape index (κ3) is 4.61. The van der Waals surface area contributed by atoms with Crippen molar-refractivity contribution in [3.63, 3.8) is 0 Å². The van der Waals surface area contributed by atoms with Gasteiger partial charge in [0.25, 0.3) is 5.56 Å². The number of carboxylic acid groups (broad SMARTS) is 1. The highest BCUT2D eigenvalue weighted by atomic mass is 32.2. The number of hydrogen-bond donors (Lipinski definition) is 6. The number of phosphoric acid groups is 1. The minimum atomic E-state index is -4.39. The number of rotatable bonds is 6. The minimum Gasteiger partial charge on any atom is -0.480 e. The first-order valence-corrected chi connectivity index (χ1v) is 11.8. The molecule has 4 rings (SSSR count). The van der Waals surface area contributed by atoms with E-state index in [2.05, 4.69) is 20.3 Å². The summed E-state index contributed by atoms with van der Waals surface area (Å²) in [6, 6.07) is -1.29. The Balaban J connectivity index is 1.73. The number of aromatic nitrogens is 4. The third-order valence-corrected chi connectivity index (χ3v) is 6.84. The highest BCUT2D eigenvalue weighted by Crippen LogP contribution is 2.52. The van der Waals surface area contributed by atoms with E-state index in [4.69, 9.17) is 19.5 Å². The summed E-state index contributed by atoms with van der Waals surface area (Å²) in [6.07, 6.45) is -4.98. The fourth-order valence-electron chi connectivity index (χ4n) is 3.44. The summed E-state index contributed by atoms with van der Waals surface area (Å²) in [7, 11) is -4.39. The number of carbonyl (C=O) groups is 2. The van der Waals surface area contributed by atoms with Gasteiger partial charge in [0.1, 0.15) is 24.4 Å². The number of aliphatic hydroxyl groups excluding tert-OH is 1. The SMILES string of the molecule is CC(=O)N[C@@H](CSc1nc2c(=O)[nH]c(N)nc2n1[C@@H]1O[C@@H]2COP(=O)(O)O[C@@H]2C1O)C(=O)O. The predicted octanol–water partition coefficient (Wildman–Crippen LogP) is -1.84. The van der Waals surface area contributed by atoms with Crippen molar-refractivity contribution < 1.29 is 43.0 Å². The number of nitrogens with zero attached hydrogens (tertiary/aromatic N) is 3. The molecular formula is C15H19N6O10PS. The van der Waals surface area contributed by atoms with Crippen molar-refractivity contribution in [2.45, 2.75) is 42.7 Å². The number of nitrogens with two attached hydrogens (primary N) is 1. The van der Waals surface area contributed by atoms with Crippen LogP contribution in [-0.4, -0.2) is 83.2 Å². The van der Waals surface area contributed by atoms with E-state index < -0.39 is 55.8 Å². The van der Waals surface area contributed by atoms with Gasteiger partial charge in [-0.3, -0.25) is 28.2 Å². The topological polar surface area (TPSA) is 241 Å². The van der Waals surface area contributed by atoms with Crippen LogP contribution in [0.5, 0.6) is 0 Å². The Morgan fingerprint density at radius 3 is 2.85 bits per heavy atom. The lowest BCUT2D eigenvalue weighted by atomic mass is 10.1. The smallest absolute Gasteiger partial charge is 0.472 e. The Hall–Kier alpha value is -2.53. The lowest BCUT2D eigenvalue weighted by Crippen LogP contribution is -2.41. The lowest BCUT2D eigenvalue weighted by Gasteiger charge is -2.27. The fraction of sp³-hybridized carbons (Fsp3) is 0.533. The molecule has 6 atom stereocenters. The molecule has 0 bridgehead atoms. The molecule has 16 nitrogen and oxygen atoms in total. The summed E-state index contributed by atoms with van der Waals surface area (Å²) in [4.78, 5) is 55.2. The van der Waals surface area contributed by atoms with Crippen molar-refractivity contribution in [2.75, 3.05) is 18.1 Å². The van der Waals surface area contributed by atoms with E-state index >= 15 is 0 Å². The minimum absolute atomic E-state index is 0.0148. The number of carboxylic acids is 1. The van der Waals surface area contributed by atoms with Gasteiger partial charge in [-0.05, 0) is 0 Å². The number of aliphatic hydroxyl groups is 1. The number of nitrogen functional groups attached to an aromatic ring is 1. The number of hydrogen-bond acceptors (Lipinski definition) is 12. The zero-order valence-electron chi connectivity index (χ0n) is 16.8. The molecule has 2 aromatic heterocycles. The van der Waals surface area contributed by atoms with Gasteiger partial charge in [0.05, 0.1) is 6.61 Å². The summed E-state index contributed by atoms with van der Waals surface area (Å²) in [5, 5.41) is 22.4. The summed E-state index contributed by atoms with van der Waals surface area (Å²) in [5.41, 5.74) is 4.70. The number of fused-ring (bicyclic) bond motifs is 2. The van der Waals surface area contributed by atoms with E-state index in [9.17, 15) is 34.1 Å². The Morgan fingerprint density at radius 2 is 2.18 bits per heavy atom. The van der Waals surface area contributed by atoms with E-state index in [1.807, 2.05) is 0 Å². The Bertz CT molecular complexity index is 1220. The first-order valence-electron chi connectivity index (χ1n) is 9.36. The zero-order valence-corrected chi connectivity index (χ0v) is 18.5. The average Bonchev–Trinajstić information content (AvgIpc) is 3.21. The van der Waals surface area contributed by atoms with Crippen LogP contribution in [0.25, 0.3) is 11.2 Å². The number of amides is 1. The second-order valence-corrected chi connectivity index (χ2v) is 9.57. The van der Waals surface area contributed by atoms with Gasteiger partial charge in [-0.15, -0.1) is 0 Å². The second-order valence-electron chi connectivity index (χ2n) is 7.18. The maximum atomic E-state index is 12.4. The lowest BCUT2D eigenvalue weighted by molar-refractivity contribution is -0.140. The van der Waals surface area contributed by atoms with Crippen LogP contribution in [0.4, 0.5) is 5.95 Å². The summed E-state index contributed by atoms with van der Waals surface area (Å²) in [5.74, 6) is -2.32. The number of carbonyl (C=O) groups excluding carboxylic acids is 1. The quantitative estimate of drug-likeness (QED) is 0.186. The van der Waals surface area contributed by atoms with Gasteiger partial charge in [0.2, 0.25) is 11.9 Å². The molecular weight excluding hydrogens is 487 g/mol. The van der Waals surface area contributed by atoms with Crippen molar-refractivity contribution in [3.05, 3.63) is 10.4 Å². The van der Waals surface area contributed by atoms with Gasteiger partial charge in [-0.1, -0.05) is 11.8 Å². The van der Waals surface area contributed by atoms with Gasteiger partial charge >= 0.3 is 13.8 Å². The highest BCUT2D eigenvalue weighted by molar-refractivity contribution is 7.99. The van der Waals surface area contributed by atoms with Crippen molar-refractivity contribution in [1.29, 1.82) is 0 Å². The summed E-state index contributed by atoms with van der Waals surface area (Å²) >= 11 is 0.843. The van der Waals surface area contributed by atoms with Crippen LogP contribution in [0.15, 0.2) is 9.95 Å². The predicted molar refractivity (Wildman–Crippen MR) is 109 cm³/mol. The van der Waals surface area contributed by atoms with Gasteiger partial charge in [-0.25, -0.2) is 14.3 Å². The maximum absolute atomic E-state index is 12.4. The van der Waals surface area contributed by atoms with Crippen molar-refractivity contribution in [2.24, 2.45) is 0 Å². The molecule has 2 unspecified atom stereocenters. The zero-order chi connectivity index (χ0) is 24.1. The molecule has 0 spiro atoms. The molecule has 0 radical (unpaired) electrons. The van der Waals surface area contributed by atoms with Gasteiger partial charge in [-0.2, -0.15) is 4.98 Å². The van der Waals surface area contributed by atoms with E-state index in [1.54, 1.807) is 0 Å². The third-order valence-electron chi connectivity index (χ3n) is 4.81. The molecule has 2 aliphatic rings. The van der Waals surface area contributed by atoms with Crippen LogP contribution in [-0.2, 0) is 27.9 Å². The van der Waals surface area contributed by atoms with Crippen LogP contribution in [0.1, 0.15) is 13.2 Å². The molecule has 2 aliphatic heterocycles. The van der Waals surface area contributed by atoms with Crippen LogP contribution in [0.3, 0.4) is 0 Å². The molecule has 0 aliphatic carbocycles. The first-order chi connectivity index (χ1) is 15.5. The second kappa shape index (κ2) is 8.68. The molecule has 33 heavy (non-hydrogen) atoms. The summed E-state index contributed by atoms with van der Waals surface area (Å²) in [6.45, 7) is 0.815. The fourth-order valence-corrected chi connectivity index (χ4v) is 5.43. The van der Waals surface area contributed by atoms with Crippen LogP contribution in [0.2, 0.25) is 0 Å². The number of anilines is 1. The number of aromatic amines is 1. The van der Waals surface area contributed by atoms with Gasteiger partial charge in [0, 0.05) is 12.7 Å². The van der Waals surface area contributed by atoms with E-state index in [-0.39, 0.29) is 34.6 Å². The standard InChI is InChI=1S/C15H19N6O10PS/c1-4(22)17-5(13(25)26)3-33-15-18-7-10(19-14(16)20-11(7)24)21(15)12-8(23)9-6(30-12)2-29-32(27,28)31-9/h5-6,8-9,12,23H,2-3H2,1H3,(H,17,22)(H,25,26)(H,27,28)(H3,16,19,20,24)/t5-,6+,8?,9-,12+/m0/s1. The normalized spacial score (nSPS) is 30.2. The van der Waals surface area contributed by atoms with E-state index in [0.717, 1.165) is 18.7 Å². The van der Waals surface area contributed by atoms with Crippen LogP contribution in [0, 0.1) is 0 Å². The van der Waals surface area contributed by atoms with E-state index in [1.165, 1.54) is 4.57 Å². The monoisotopic (exact) mass is 506 g/mol. The molecule has 2 fully saturated rings. The molecule has 7 N–H and O–H groups in total. The van der Waals surface area contributed by atoms with Crippen molar-refractivity contribution in [1.82, 2.24) is 24.8 Å². The van der Waals surface area contributed by atoms with Crippen LogP contribution < -0.4 is 16.6 Å². The number of imidazole rings is 1. The summed E-state index contributed by atoms with van der Waals surface area (Å²) < 4.78 is 28.4. The maximum Gasteiger partial charge on any atom is 0.472 e. The molecule has 18 heteroatoms. The van der Waals surface area contributed by atoms with Gasteiger partial charge < -0.3 is 30.9 Å². The van der Waals surface area contributed by atoms with Gasteiger partial charge in [0.15, 0.2) is 22.5 Å².